The molecule has 0 radical (unpaired) electrons. The number of pyridine rings is 4. The molecule has 0 aromatic carbocycles. The van der Waals surface area contributed by atoms with Crippen LogP contribution < -0.4 is 0 Å². The molecule has 6 rings (SSSR count). The minimum absolute atomic E-state index is 0. The SMILES string of the molecule is CC(C)(C)[C-]1C=C=C(c2ccccn2)C=C1.CC(C)(C)[C-]1C=C=C(c2ccccn2)C=C1.CC(C)(C)c1ccnc(-c2cc(C(C)(C)C)ccn2)c1.F[P-](F)(F)(F)(F)F.[Ir+3]. The summed E-state index contributed by atoms with van der Waals surface area (Å²) < 4.78 is 59.2. The zero-order valence-electron chi connectivity index (χ0n) is 36.4. The molecule has 0 unspecified atom stereocenters. The number of aromatic nitrogens is 4. The quantitative estimate of drug-likeness (QED) is 0.0888. The Labute approximate surface area is 366 Å². The van der Waals surface area contributed by atoms with Gasteiger partial charge in [-0.25, -0.2) is 0 Å². The number of rotatable bonds is 3. The first-order chi connectivity index (χ1) is 26.8. The van der Waals surface area contributed by atoms with Crippen molar-refractivity contribution in [2.75, 3.05) is 0 Å². The minimum Gasteiger partial charge on any atom is 3.00 e. The van der Waals surface area contributed by atoms with Crippen molar-refractivity contribution in [3.63, 3.8) is 0 Å². The summed E-state index contributed by atoms with van der Waals surface area (Å²) in [5.74, 6) is 2.60. The Balaban J connectivity index is 0.000000287. The normalized spacial score (nSPS) is 15.0. The molecule has 60 heavy (non-hydrogen) atoms. The number of hydrogen-bond donors (Lipinski definition) is 0. The van der Waals surface area contributed by atoms with E-state index < -0.39 is 7.81 Å². The van der Waals surface area contributed by atoms with E-state index in [1.54, 1.807) is 12.4 Å². The predicted octanol–water partition coefficient (Wildman–Crippen LogP) is 15.7. The van der Waals surface area contributed by atoms with E-state index in [1.807, 2.05) is 48.8 Å². The van der Waals surface area contributed by atoms with Crippen molar-refractivity contribution in [3.05, 3.63) is 168 Å². The molecule has 4 aromatic rings. The molecule has 324 valence electrons. The first-order valence-corrected chi connectivity index (χ1v) is 21.2. The second-order valence-electron chi connectivity index (χ2n) is 18.2. The van der Waals surface area contributed by atoms with Crippen molar-refractivity contribution in [2.24, 2.45) is 10.8 Å². The molecule has 0 atom stereocenters. The third kappa shape index (κ3) is 19.3. The van der Waals surface area contributed by atoms with Crippen molar-refractivity contribution in [1.82, 2.24) is 19.9 Å². The molecule has 2 aliphatic carbocycles. The Kier molecular flexibility index (Phi) is 16.4. The summed E-state index contributed by atoms with van der Waals surface area (Å²) >= 11 is 0. The van der Waals surface area contributed by atoms with Gasteiger partial charge in [-0.1, -0.05) is 117 Å². The minimum atomic E-state index is -10.7. The van der Waals surface area contributed by atoms with E-state index in [2.05, 4.69) is 175 Å². The second kappa shape index (κ2) is 19.1. The smallest absolute Gasteiger partial charge is 3.00 e. The molecular weight excluding hydrogens is 970 g/mol. The fraction of sp³-hybridized carbons (Fsp3) is 0.333. The summed E-state index contributed by atoms with van der Waals surface area (Å²) in [6.07, 6.45) is 20.0. The third-order valence-electron chi connectivity index (χ3n) is 8.75. The van der Waals surface area contributed by atoms with Crippen LogP contribution in [0.4, 0.5) is 25.2 Å². The molecule has 4 heterocycles. The standard InChI is InChI=1S/C18H24N2.2C15H16N.F6P.Ir/c1-17(2,3)13-7-9-19-15(11-13)16-12-14(8-10-20-16)18(4,5)6;2*1-15(2,3)13-9-7-12(8-10-13)14-6-4-5-11-16-14;1-7(2,3,4,5)6;/h7-12H,1-6H3;2*4-7,9-11H,1-3H3;;/q;3*-1;+3. The van der Waals surface area contributed by atoms with E-state index in [0.717, 1.165) is 33.9 Å². The van der Waals surface area contributed by atoms with Gasteiger partial charge in [-0.2, -0.15) is 24.3 Å². The Hall–Kier alpha value is -4.48. The fourth-order valence-corrected chi connectivity index (χ4v) is 5.22. The van der Waals surface area contributed by atoms with Crippen molar-refractivity contribution in [2.45, 2.75) is 93.9 Å². The summed E-state index contributed by atoms with van der Waals surface area (Å²) in [4.78, 5) is 17.6. The maximum absolute atomic E-state index is 10.7. The van der Waals surface area contributed by atoms with Crippen LogP contribution in [0.3, 0.4) is 0 Å². The topological polar surface area (TPSA) is 51.6 Å². The molecule has 0 N–H and O–H groups in total. The maximum Gasteiger partial charge on any atom is 3.00 e. The van der Waals surface area contributed by atoms with E-state index >= 15 is 0 Å². The molecule has 0 spiro atoms. The Morgan fingerprint density at radius 3 is 1.02 bits per heavy atom. The van der Waals surface area contributed by atoms with Gasteiger partial charge in [0.05, 0.1) is 22.8 Å². The van der Waals surface area contributed by atoms with Crippen molar-refractivity contribution >= 4 is 19.0 Å². The first-order valence-electron chi connectivity index (χ1n) is 19.1. The molecule has 4 aromatic heterocycles. The fourth-order valence-electron chi connectivity index (χ4n) is 5.22. The van der Waals surface area contributed by atoms with Gasteiger partial charge in [0.25, 0.3) is 0 Å². The summed E-state index contributed by atoms with van der Waals surface area (Å²) in [5, 5.41) is 0. The number of halogens is 6. The molecule has 0 amide bonds. The van der Waals surface area contributed by atoms with Crippen LogP contribution in [0, 0.1) is 22.7 Å². The van der Waals surface area contributed by atoms with E-state index in [4.69, 9.17) is 0 Å². The Morgan fingerprint density at radius 1 is 0.467 bits per heavy atom. The van der Waals surface area contributed by atoms with Gasteiger partial charge in [-0.05, 0) is 70.5 Å². The zero-order chi connectivity index (χ0) is 44.6. The monoisotopic (exact) mass is 1030 g/mol. The van der Waals surface area contributed by atoms with E-state index in [0.29, 0.717) is 0 Å². The van der Waals surface area contributed by atoms with Crippen LogP contribution in [0.2, 0.25) is 0 Å². The molecule has 12 heteroatoms. The van der Waals surface area contributed by atoms with E-state index in [9.17, 15) is 25.2 Å². The van der Waals surface area contributed by atoms with Gasteiger partial charge in [0.15, 0.2) is 0 Å². The van der Waals surface area contributed by atoms with Gasteiger partial charge >= 0.3 is 53.1 Å². The molecule has 0 aliphatic heterocycles. The number of hydrogen-bond acceptors (Lipinski definition) is 4. The van der Waals surface area contributed by atoms with Crippen molar-refractivity contribution < 1.29 is 45.3 Å². The second-order valence-corrected chi connectivity index (χ2v) is 20.1. The van der Waals surface area contributed by atoms with Crippen LogP contribution in [0.15, 0.2) is 133 Å². The zero-order valence-corrected chi connectivity index (χ0v) is 39.7. The number of allylic oxidation sites excluding steroid dienone is 6. The summed E-state index contributed by atoms with van der Waals surface area (Å²) in [6.45, 7) is 26.5. The van der Waals surface area contributed by atoms with Gasteiger partial charge in [-0.15, -0.1) is 24.0 Å². The summed E-state index contributed by atoms with van der Waals surface area (Å²) in [7, 11) is -10.7. The Morgan fingerprint density at radius 2 is 0.783 bits per heavy atom. The van der Waals surface area contributed by atoms with Crippen LogP contribution in [0.1, 0.15) is 106 Å². The van der Waals surface area contributed by atoms with Crippen LogP contribution in [-0.2, 0) is 30.9 Å². The maximum atomic E-state index is 9.87. The van der Waals surface area contributed by atoms with Gasteiger partial charge < -0.3 is 0 Å². The molecular formula is C48H56F6IrN4P. The summed E-state index contributed by atoms with van der Waals surface area (Å²) in [5.41, 5.74) is 15.7. The van der Waals surface area contributed by atoms with Gasteiger partial charge in [0, 0.05) is 24.8 Å². The average Bonchev–Trinajstić information content (AvgIpc) is 3.14. The largest absolute Gasteiger partial charge is 3.00 e. The van der Waals surface area contributed by atoms with Crippen LogP contribution in [0.5, 0.6) is 0 Å². The van der Waals surface area contributed by atoms with Crippen molar-refractivity contribution in [1.29, 1.82) is 0 Å². The van der Waals surface area contributed by atoms with Gasteiger partial charge in [0.1, 0.15) is 0 Å². The molecule has 4 nitrogen and oxygen atoms in total. The molecule has 0 saturated heterocycles. The molecule has 0 bridgehead atoms. The van der Waals surface area contributed by atoms with Gasteiger partial charge in [-0.3, -0.25) is 31.4 Å². The molecule has 0 saturated carbocycles. The number of nitrogens with zero attached hydrogens (tertiary/aromatic N) is 4. The van der Waals surface area contributed by atoms with E-state index in [1.165, 1.54) is 23.0 Å². The van der Waals surface area contributed by atoms with Crippen LogP contribution in [0.25, 0.3) is 22.5 Å². The van der Waals surface area contributed by atoms with E-state index in [-0.39, 0.29) is 41.8 Å². The summed E-state index contributed by atoms with van der Waals surface area (Å²) in [6, 6.07) is 20.3. The van der Waals surface area contributed by atoms with Crippen LogP contribution in [-0.4, -0.2) is 19.9 Å². The van der Waals surface area contributed by atoms with Crippen LogP contribution >= 0.6 is 7.81 Å². The Bertz CT molecular complexity index is 2070. The first kappa shape index (κ1) is 51.7. The third-order valence-corrected chi connectivity index (χ3v) is 8.75. The molecule has 2 aliphatic rings. The van der Waals surface area contributed by atoms with Gasteiger partial charge in [0.2, 0.25) is 0 Å². The average molecular weight is 1030 g/mol. The predicted molar refractivity (Wildman–Crippen MR) is 234 cm³/mol. The molecule has 0 fully saturated rings. The van der Waals surface area contributed by atoms with Crippen molar-refractivity contribution in [3.8, 4) is 11.4 Å².